The Bertz CT molecular complexity index is 2550. The van der Waals surface area contributed by atoms with Gasteiger partial charge in [-0.2, -0.15) is 8.61 Å². The standard InChI is InChI=1S/C22H24BrN3O2S2.C21H22BrN3O2S2/c1-2-3-17-4-6-18(7-5-17)21-16-29-22(24-21)25-12-14-26(15-13-25)30(27,28)20-10-8-19(23)9-11-20;1-15-4-3-5-16(2)20(15)19-14-28-21(23-19)24-10-12-25(13-11-24)29(26,27)18-8-6-17(22)7-9-18/h4-11,16H,2-3,12-15H2,1H3;3-9,14H,10-13H2,1-2H3. The van der Waals surface area contributed by atoms with Crippen LogP contribution in [0, 0.1) is 13.8 Å². The molecule has 2 fully saturated rings. The SMILES string of the molecule is CCCc1ccc(-c2csc(N3CCN(S(=O)(=O)c4ccc(Br)cc4)CC3)n2)cc1.Cc1cccc(C)c1-c1csc(N2CCN(S(=O)(=O)c3ccc(Br)cc3)CC2)n1. The molecule has 0 spiro atoms. The molecule has 10 nitrogen and oxygen atoms in total. The molecule has 0 radical (unpaired) electrons. The summed E-state index contributed by atoms with van der Waals surface area (Å²) in [5.74, 6) is 0. The predicted octanol–water partition coefficient (Wildman–Crippen LogP) is 9.74. The van der Waals surface area contributed by atoms with Crippen LogP contribution in [0.1, 0.15) is 30.0 Å². The van der Waals surface area contributed by atoms with Crippen molar-refractivity contribution in [3.63, 3.8) is 0 Å². The van der Waals surface area contributed by atoms with Crippen molar-refractivity contribution >= 4 is 84.8 Å². The Balaban J connectivity index is 0.000000179. The number of aromatic nitrogens is 2. The zero-order valence-corrected chi connectivity index (χ0v) is 39.5. The van der Waals surface area contributed by atoms with E-state index < -0.39 is 20.0 Å². The Kier molecular flexibility index (Phi) is 14.1. The van der Waals surface area contributed by atoms with E-state index in [4.69, 9.17) is 9.97 Å². The molecule has 2 aromatic heterocycles. The molecule has 0 atom stereocenters. The lowest BCUT2D eigenvalue weighted by Crippen LogP contribution is -2.48. The van der Waals surface area contributed by atoms with Gasteiger partial charge in [-0.3, -0.25) is 0 Å². The molecule has 4 aromatic carbocycles. The van der Waals surface area contributed by atoms with Gasteiger partial charge in [-0.25, -0.2) is 26.8 Å². The Morgan fingerprint density at radius 2 is 1.00 bits per heavy atom. The first kappa shape index (κ1) is 43.6. The van der Waals surface area contributed by atoms with Gasteiger partial charge < -0.3 is 9.80 Å². The van der Waals surface area contributed by atoms with Crippen LogP contribution in [0.15, 0.2) is 120 Å². The van der Waals surface area contributed by atoms with Crippen LogP contribution in [0.25, 0.3) is 22.5 Å². The van der Waals surface area contributed by atoms with E-state index >= 15 is 0 Å². The monoisotopic (exact) mass is 996 g/mol. The summed E-state index contributed by atoms with van der Waals surface area (Å²) in [6, 6.07) is 28.5. The number of rotatable bonds is 10. The van der Waals surface area contributed by atoms with Crippen molar-refractivity contribution in [1.29, 1.82) is 0 Å². The van der Waals surface area contributed by atoms with Crippen molar-refractivity contribution in [3.05, 3.63) is 127 Å². The van der Waals surface area contributed by atoms with Crippen molar-refractivity contribution in [1.82, 2.24) is 18.6 Å². The molecule has 310 valence electrons. The molecule has 0 bridgehead atoms. The molecule has 0 unspecified atom stereocenters. The Morgan fingerprint density at radius 3 is 1.44 bits per heavy atom. The number of hydrogen-bond acceptors (Lipinski definition) is 10. The van der Waals surface area contributed by atoms with E-state index in [0.717, 1.165) is 49.0 Å². The van der Waals surface area contributed by atoms with Gasteiger partial charge in [-0.05, 0) is 85.5 Å². The van der Waals surface area contributed by atoms with Gasteiger partial charge in [0.1, 0.15) is 0 Å². The number of anilines is 2. The highest BCUT2D eigenvalue weighted by Crippen LogP contribution is 2.33. The number of nitrogens with zero attached hydrogens (tertiary/aromatic N) is 6. The van der Waals surface area contributed by atoms with E-state index in [1.807, 2.05) is 0 Å². The van der Waals surface area contributed by atoms with E-state index in [-0.39, 0.29) is 0 Å². The van der Waals surface area contributed by atoms with Crippen LogP contribution in [0.2, 0.25) is 0 Å². The minimum absolute atomic E-state index is 0.334. The van der Waals surface area contributed by atoms with E-state index in [9.17, 15) is 16.8 Å². The average molecular weight is 999 g/mol. The first-order valence-electron chi connectivity index (χ1n) is 19.4. The average Bonchev–Trinajstić information content (AvgIpc) is 3.94. The molecular formula is C43H46Br2N6O4S4. The lowest BCUT2D eigenvalue weighted by Gasteiger charge is -2.33. The molecule has 0 saturated carbocycles. The Hall–Kier alpha value is -3.48. The quantitative estimate of drug-likeness (QED) is 0.134. The highest BCUT2D eigenvalue weighted by atomic mass is 79.9. The molecule has 4 heterocycles. The normalized spacial score (nSPS) is 15.5. The Morgan fingerprint density at radius 1 is 0.576 bits per heavy atom. The van der Waals surface area contributed by atoms with Crippen LogP contribution >= 0.6 is 54.5 Å². The molecule has 2 aliphatic heterocycles. The summed E-state index contributed by atoms with van der Waals surface area (Å²) in [6.45, 7) is 10.8. The summed E-state index contributed by atoms with van der Waals surface area (Å²) in [5, 5.41) is 6.07. The molecule has 6 aromatic rings. The second-order valence-corrected chi connectivity index (χ2v) is 21.8. The molecule has 0 N–H and O–H groups in total. The van der Waals surface area contributed by atoms with Crippen LogP contribution in [0.3, 0.4) is 0 Å². The van der Waals surface area contributed by atoms with Crippen molar-refractivity contribution in [2.24, 2.45) is 0 Å². The summed E-state index contributed by atoms with van der Waals surface area (Å²) in [7, 11) is -6.93. The van der Waals surface area contributed by atoms with E-state index in [0.29, 0.717) is 62.1 Å². The maximum atomic E-state index is 12.9. The maximum Gasteiger partial charge on any atom is 0.243 e. The number of thiazole rings is 2. The zero-order valence-electron chi connectivity index (χ0n) is 33.1. The highest BCUT2D eigenvalue weighted by molar-refractivity contribution is 9.10. The predicted molar refractivity (Wildman–Crippen MR) is 249 cm³/mol. The number of piperazine rings is 2. The number of halogens is 2. The van der Waals surface area contributed by atoms with E-state index in [2.05, 4.69) is 116 Å². The largest absolute Gasteiger partial charge is 0.345 e. The second kappa shape index (κ2) is 19.1. The van der Waals surface area contributed by atoms with E-state index in [1.54, 1.807) is 79.8 Å². The van der Waals surface area contributed by atoms with Crippen LogP contribution in [0.4, 0.5) is 10.3 Å². The minimum Gasteiger partial charge on any atom is -0.345 e. The smallest absolute Gasteiger partial charge is 0.243 e. The number of benzene rings is 4. The third-order valence-electron chi connectivity index (χ3n) is 10.4. The molecule has 2 aliphatic rings. The highest BCUT2D eigenvalue weighted by Gasteiger charge is 2.31. The van der Waals surface area contributed by atoms with Gasteiger partial charge in [-0.1, -0.05) is 87.7 Å². The van der Waals surface area contributed by atoms with Crippen molar-refractivity contribution in [2.75, 3.05) is 62.2 Å². The molecule has 59 heavy (non-hydrogen) atoms. The Labute approximate surface area is 372 Å². The van der Waals surface area contributed by atoms with Crippen LogP contribution in [-0.2, 0) is 26.5 Å². The molecule has 2 saturated heterocycles. The summed E-state index contributed by atoms with van der Waals surface area (Å²) in [5.41, 5.74) is 8.05. The first-order valence-corrected chi connectivity index (χ1v) is 25.6. The fraction of sp³-hybridized carbons (Fsp3) is 0.302. The molecule has 0 amide bonds. The van der Waals surface area contributed by atoms with Crippen molar-refractivity contribution in [3.8, 4) is 22.5 Å². The topological polar surface area (TPSA) is 107 Å². The molecular weight excluding hydrogens is 953 g/mol. The third-order valence-corrected chi connectivity index (χ3v) is 17.1. The van der Waals surface area contributed by atoms with E-state index in [1.165, 1.54) is 22.3 Å². The summed E-state index contributed by atoms with van der Waals surface area (Å²) >= 11 is 9.93. The third kappa shape index (κ3) is 10.2. The lowest BCUT2D eigenvalue weighted by atomic mass is 10.0. The fourth-order valence-electron chi connectivity index (χ4n) is 7.17. The lowest BCUT2D eigenvalue weighted by molar-refractivity contribution is 0.384. The maximum absolute atomic E-state index is 12.9. The van der Waals surface area contributed by atoms with Crippen LogP contribution in [0.5, 0.6) is 0 Å². The summed E-state index contributed by atoms with van der Waals surface area (Å²) < 4.78 is 56.4. The molecule has 0 aliphatic carbocycles. The summed E-state index contributed by atoms with van der Waals surface area (Å²) in [6.07, 6.45) is 2.24. The van der Waals surface area contributed by atoms with Crippen LogP contribution < -0.4 is 9.80 Å². The van der Waals surface area contributed by atoms with Crippen molar-refractivity contribution in [2.45, 2.75) is 43.4 Å². The number of sulfonamides is 2. The number of hydrogen-bond donors (Lipinski definition) is 0. The van der Waals surface area contributed by atoms with Gasteiger partial charge in [0.15, 0.2) is 10.3 Å². The van der Waals surface area contributed by atoms with Crippen molar-refractivity contribution < 1.29 is 16.8 Å². The minimum atomic E-state index is -3.46. The molecule has 16 heteroatoms. The van der Waals surface area contributed by atoms with Gasteiger partial charge in [-0.15, -0.1) is 22.7 Å². The second-order valence-electron chi connectivity index (χ2n) is 14.4. The first-order chi connectivity index (χ1) is 28.3. The number of aryl methyl sites for hydroxylation is 3. The van der Waals surface area contributed by atoms with Gasteiger partial charge >= 0.3 is 0 Å². The fourth-order valence-corrected chi connectivity index (χ4v) is 12.3. The van der Waals surface area contributed by atoms with Gasteiger partial charge in [0, 0.05) is 83.2 Å². The summed E-state index contributed by atoms with van der Waals surface area (Å²) in [4.78, 5) is 14.7. The van der Waals surface area contributed by atoms with Gasteiger partial charge in [0.05, 0.1) is 21.2 Å². The van der Waals surface area contributed by atoms with Crippen LogP contribution in [-0.4, -0.2) is 87.8 Å². The molecule has 8 rings (SSSR count). The zero-order chi connectivity index (χ0) is 41.7. The van der Waals surface area contributed by atoms with Gasteiger partial charge in [0.25, 0.3) is 0 Å². The van der Waals surface area contributed by atoms with Gasteiger partial charge in [0.2, 0.25) is 20.0 Å².